The number of hydrogen-bond acceptors (Lipinski definition) is 4. The molecule has 1 aromatic carbocycles. The minimum Gasteiger partial charge on any atom is -0.493 e. The summed E-state index contributed by atoms with van der Waals surface area (Å²) in [6, 6.07) is 6.18. The fourth-order valence-corrected chi connectivity index (χ4v) is 2.60. The first-order valence-corrected chi connectivity index (χ1v) is 7.16. The fraction of sp³-hybridized carbons (Fsp3) is 0.467. The third-order valence-corrected chi connectivity index (χ3v) is 3.68. The zero-order valence-corrected chi connectivity index (χ0v) is 11.7. The van der Waals surface area contributed by atoms with E-state index in [0.29, 0.717) is 6.42 Å². The van der Waals surface area contributed by atoms with Crippen LogP contribution in [0.1, 0.15) is 36.3 Å². The molecule has 5 nitrogen and oxygen atoms in total. The third-order valence-electron chi connectivity index (χ3n) is 3.68. The quantitative estimate of drug-likeness (QED) is 0.902. The highest BCUT2D eigenvalue weighted by Gasteiger charge is 2.16. The second kappa shape index (κ2) is 5.63. The van der Waals surface area contributed by atoms with E-state index in [1.807, 2.05) is 10.7 Å². The van der Waals surface area contributed by atoms with Gasteiger partial charge in [-0.15, -0.1) is 0 Å². The Kier molecular flexibility index (Phi) is 3.69. The number of fused-ring (bicyclic) bond motifs is 1. The Morgan fingerprint density at radius 3 is 3.20 bits per heavy atom. The van der Waals surface area contributed by atoms with E-state index in [2.05, 4.69) is 29.1 Å². The molecule has 1 unspecified atom stereocenters. The topological polar surface area (TPSA) is 66.0 Å². The monoisotopic (exact) mass is 272 g/mol. The molecule has 0 saturated heterocycles. The molecule has 0 amide bonds. The summed E-state index contributed by atoms with van der Waals surface area (Å²) >= 11 is 0. The van der Waals surface area contributed by atoms with Crippen LogP contribution in [0.4, 0.5) is 0 Å². The van der Waals surface area contributed by atoms with E-state index in [9.17, 15) is 0 Å². The SMILES string of the molecule is CCCn1ncnc1CC(N)c1ccc2c(c1)CCO2. The number of nitrogens with zero attached hydrogens (tertiary/aromatic N) is 3. The number of aromatic nitrogens is 3. The number of aryl methyl sites for hydroxylation is 1. The first-order chi connectivity index (χ1) is 9.78. The van der Waals surface area contributed by atoms with E-state index in [0.717, 1.165) is 43.1 Å². The van der Waals surface area contributed by atoms with E-state index in [-0.39, 0.29) is 6.04 Å². The lowest BCUT2D eigenvalue weighted by Crippen LogP contribution is -2.17. The number of rotatable bonds is 5. The molecule has 0 fully saturated rings. The molecule has 0 spiro atoms. The van der Waals surface area contributed by atoms with Crippen LogP contribution >= 0.6 is 0 Å². The second-order valence-electron chi connectivity index (χ2n) is 5.18. The lowest BCUT2D eigenvalue weighted by molar-refractivity contribution is 0.357. The number of hydrogen-bond donors (Lipinski definition) is 1. The second-order valence-corrected chi connectivity index (χ2v) is 5.18. The van der Waals surface area contributed by atoms with Gasteiger partial charge in [-0.2, -0.15) is 5.10 Å². The van der Waals surface area contributed by atoms with Crippen molar-refractivity contribution in [1.29, 1.82) is 0 Å². The Labute approximate surface area is 118 Å². The highest BCUT2D eigenvalue weighted by molar-refractivity contribution is 5.40. The molecule has 5 heteroatoms. The maximum atomic E-state index is 6.32. The standard InChI is InChI=1S/C15H20N4O/c1-2-6-19-15(17-10-18-19)9-13(16)11-3-4-14-12(8-11)5-7-20-14/h3-4,8,10,13H,2,5-7,9,16H2,1H3. The summed E-state index contributed by atoms with van der Waals surface area (Å²) < 4.78 is 7.46. The van der Waals surface area contributed by atoms with E-state index in [1.165, 1.54) is 5.56 Å². The molecule has 3 rings (SSSR count). The lowest BCUT2D eigenvalue weighted by atomic mass is 10.0. The van der Waals surface area contributed by atoms with Gasteiger partial charge < -0.3 is 10.5 Å². The molecule has 2 aromatic rings. The van der Waals surface area contributed by atoms with Gasteiger partial charge in [-0.25, -0.2) is 4.98 Å². The molecule has 1 aromatic heterocycles. The Hall–Kier alpha value is -1.88. The van der Waals surface area contributed by atoms with Crippen molar-refractivity contribution in [2.45, 2.75) is 38.8 Å². The van der Waals surface area contributed by atoms with E-state index in [4.69, 9.17) is 10.5 Å². The average molecular weight is 272 g/mol. The summed E-state index contributed by atoms with van der Waals surface area (Å²) in [7, 11) is 0. The largest absolute Gasteiger partial charge is 0.493 e. The minimum absolute atomic E-state index is 0.0549. The Bertz CT molecular complexity index is 593. The predicted molar refractivity (Wildman–Crippen MR) is 76.6 cm³/mol. The normalized spacial score (nSPS) is 14.9. The number of ether oxygens (including phenoxy) is 1. The van der Waals surface area contributed by atoms with Crippen LogP contribution in [-0.4, -0.2) is 21.4 Å². The van der Waals surface area contributed by atoms with Gasteiger partial charge in [-0.3, -0.25) is 4.68 Å². The summed E-state index contributed by atoms with van der Waals surface area (Å²) in [6.45, 7) is 3.80. The van der Waals surface area contributed by atoms with Crippen molar-refractivity contribution in [2.75, 3.05) is 6.61 Å². The van der Waals surface area contributed by atoms with Crippen molar-refractivity contribution >= 4 is 0 Å². The smallest absolute Gasteiger partial charge is 0.138 e. The third kappa shape index (κ3) is 2.54. The van der Waals surface area contributed by atoms with Crippen molar-refractivity contribution in [2.24, 2.45) is 5.73 Å². The molecule has 2 heterocycles. The van der Waals surface area contributed by atoms with Crippen LogP contribution in [0.3, 0.4) is 0 Å². The molecule has 1 atom stereocenters. The molecule has 1 aliphatic heterocycles. The highest BCUT2D eigenvalue weighted by Crippen LogP contribution is 2.28. The summed E-state index contributed by atoms with van der Waals surface area (Å²) in [5.74, 6) is 1.95. The summed E-state index contributed by atoms with van der Waals surface area (Å²) in [6.07, 6.45) is 4.33. The zero-order chi connectivity index (χ0) is 13.9. The maximum Gasteiger partial charge on any atom is 0.138 e. The zero-order valence-electron chi connectivity index (χ0n) is 11.7. The van der Waals surface area contributed by atoms with Crippen LogP contribution in [0.5, 0.6) is 5.75 Å². The van der Waals surface area contributed by atoms with Crippen LogP contribution < -0.4 is 10.5 Å². The van der Waals surface area contributed by atoms with E-state index >= 15 is 0 Å². The van der Waals surface area contributed by atoms with Crippen molar-refractivity contribution in [3.8, 4) is 5.75 Å². The molecular formula is C15H20N4O. The van der Waals surface area contributed by atoms with Gasteiger partial charge in [-0.05, 0) is 23.6 Å². The highest BCUT2D eigenvalue weighted by atomic mass is 16.5. The Morgan fingerprint density at radius 1 is 1.45 bits per heavy atom. The minimum atomic E-state index is -0.0549. The maximum absolute atomic E-state index is 6.32. The summed E-state index contributed by atoms with van der Waals surface area (Å²) in [5.41, 5.74) is 8.72. The van der Waals surface area contributed by atoms with Crippen molar-refractivity contribution in [1.82, 2.24) is 14.8 Å². The van der Waals surface area contributed by atoms with Gasteiger partial charge in [-0.1, -0.05) is 19.1 Å². The molecule has 0 saturated carbocycles. The van der Waals surface area contributed by atoms with Crippen LogP contribution in [0.15, 0.2) is 24.5 Å². The summed E-state index contributed by atoms with van der Waals surface area (Å²) in [5, 5.41) is 4.24. The first-order valence-electron chi connectivity index (χ1n) is 7.16. The van der Waals surface area contributed by atoms with Gasteiger partial charge in [0.2, 0.25) is 0 Å². The molecule has 2 N–H and O–H groups in total. The van der Waals surface area contributed by atoms with Gasteiger partial charge in [0.05, 0.1) is 6.61 Å². The molecule has 1 aliphatic rings. The van der Waals surface area contributed by atoms with Crippen LogP contribution in [0.2, 0.25) is 0 Å². The molecular weight excluding hydrogens is 252 g/mol. The molecule has 106 valence electrons. The predicted octanol–water partition coefficient (Wildman–Crippen LogP) is 1.87. The average Bonchev–Trinajstić information content (AvgIpc) is 3.07. The molecule has 20 heavy (non-hydrogen) atoms. The van der Waals surface area contributed by atoms with Gasteiger partial charge in [0.15, 0.2) is 0 Å². The van der Waals surface area contributed by atoms with Gasteiger partial charge in [0, 0.05) is 25.4 Å². The van der Waals surface area contributed by atoms with Crippen molar-refractivity contribution in [3.05, 3.63) is 41.5 Å². The Morgan fingerprint density at radius 2 is 2.35 bits per heavy atom. The molecule has 0 aliphatic carbocycles. The number of nitrogens with two attached hydrogens (primary N) is 1. The Balaban J connectivity index is 1.75. The first kappa shape index (κ1) is 13.1. The van der Waals surface area contributed by atoms with E-state index < -0.39 is 0 Å². The van der Waals surface area contributed by atoms with E-state index in [1.54, 1.807) is 6.33 Å². The number of benzene rings is 1. The fourth-order valence-electron chi connectivity index (χ4n) is 2.60. The molecule has 0 bridgehead atoms. The van der Waals surface area contributed by atoms with Gasteiger partial charge in [0.1, 0.15) is 17.9 Å². The van der Waals surface area contributed by atoms with Crippen LogP contribution in [-0.2, 0) is 19.4 Å². The van der Waals surface area contributed by atoms with Gasteiger partial charge in [0.25, 0.3) is 0 Å². The van der Waals surface area contributed by atoms with Crippen LogP contribution in [0, 0.1) is 0 Å². The molecule has 0 radical (unpaired) electrons. The van der Waals surface area contributed by atoms with Crippen molar-refractivity contribution in [3.63, 3.8) is 0 Å². The summed E-state index contributed by atoms with van der Waals surface area (Å²) in [4.78, 5) is 4.32. The van der Waals surface area contributed by atoms with Crippen LogP contribution in [0.25, 0.3) is 0 Å². The lowest BCUT2D eigenvalue weighted by Gasteiger charge is -2.13. The van der Waals surface area contributed by atoms with Gasteiger partial charge >= 0.3 is 0 Å². The van der Waals surface area contributed by atoms with Crippen molar-refractivity contribution < 1.29 is 4.74 Å².